The Morgan fingerprint density at radius 2 is 2.10 bits per heavy atom. The summed E-state index contributed by atoms with van der Waals surface area (Å²) in [6.07, 6.45) is 7.72. The Morgan fingerprint density at radius 3 is 2.75 bits per heavy atom. The molecule has 0 aromatic heterocycles. The second-order valence-corrected chi connectivity index (χ2v) is 5.70. The first-order chi connectivity index (χ1) is 9.78. The number of hydrogen-bond donors (Lipinski definition) is 2. The highest BCUT2D eigenvalue weighted by Crippen LogP contribution is 2.14. The number of amides is 1. The van der Waals surface area contributed by atoms with Crippen LogP contribution in [-0.2, 0) is 11.2 Å². The summed E-state index contributed by atoms with van der Waals surface area (Å²) < 4.78 is 0. The smallest absolute Gasteiger partial charge is 0.225 e. The fraction of sp³-hybridized carbons (Fsp3) is 0.588. The van der Waals surface area contributed by atoms with E-state index in [-0.39, 0.29) is 5.91 Å². The lowest BCUT2D eigenvalue weighted by Gasteiger charge is -2.22. The number of unbranched alkanes of at least 4 members (excludes halogenated alkanes) is 1. The molecule has 1 aromatic carbocycles. The van der Waals surface area contributed by atoms with Crippen molar-refractivity contribution in [1.29, 1.82) is 0 Å². The minimum atomic E-state index is 0.116. The lowest BCUT2D eigenvalue weighted by molar-refractivity contribution is -0.116. The van der Waals surface area contributed by atoms with Crippen molar-refractivity contribution in [2.75, 3.05) is 11.9 Å². The molecule has 2 rings (SSSR count). The zero-order chi connectivity index (χ0) is 14.2. The zero-order valence-electron chi connectivity index (χ0n) is 12.5. The van der Waals surface area contributed by atoms with Gasteiger partial charge in [-0.25, -0.2) is 0 Å². The summed E-state index contributed by atoms with van der Waals surface area (Å²) in [5.41, 5.74) is 2.25. The van der Waals surface area contributed by atoms with E-state index in [2.05, 4.69) is 29.7 Å². The van der Waals surface area contributed by atoms with Gasteiger partial charge in [0.05, 0.1) is 0 Å². The van der Waals surface area contributed by atoms with Crippen LogP contribution in [0.5, 0.6) is 0 Å². The van der Waals surface area contributed by atoms with Crippen LogP contribution in [0, 0.1) is 0 Å². The van der Waals surface area contributed by atoms with Gasteiger partial charge in [-0.2, -0.15) is 0 Å². The van der Waals surface area contributed by atoms with E-state index in [0.29, 0.717) is 12.5 Å². The second kappa shape index (κ2) is 8.05. The maximum Gasteiger partial charge on any atom is 0.225 e. The van der Waals surface area contributed by atoms with Crippen LogP contribution in [-0.4, -0.2) is 18.5 Å². The van der Waals surface area contributed by atoms with Crippen molar-refractivity contribution in [2.45, 2.75) is 57.9 Å². The van der Waals surface area contributed by atoms with Gasteiger partial charge in [0, 0.05) is 18.2 Å². The summed E-state index contributed by atoms with van der Waals surface area (Å²) in [7, 11) is 0. The van der Waals surface area contributed by atoms with E-state index in [1.807, 2.05) is 12.1 Å². The summed E-state index contributed by atoms with van der Waals surface area (Å²) in [5.74, 6) is 0.116. The number of anilines is 1. The highest BCUT2D eigenvalue weighted by molar-refractivity contribution is 5.91. The van der Waals surface area contributed by atoms with E-state index >= 15 is 0 Å². The fourth-order valence-corrected chi connectivity index (χ4v) is 2.67. The molecule has 110 valence electrons. The number of nitrogens with one attached hydrogen (secondary N) is 2. The first-order valence-electron chi connectivity index (χ1n) is 7.90. The number of carbonyl (C=O) groups is 1. The van der Waals surface area contributed by atoms with E-state index in [1.165, 1.54) is 31.2 Å². The van der Waals surface area contributed by atoms with Gasteiger partial charge in [0.15, 0.2) is 0 Å². The van der Waals surface area contributed by atoms with Gasteiger partial charge in [-0.1, -0.05) is 31.9 Å². The standard InChI is InChI=1S/C17H26N2O/c1-2-3-6-14-8-10-15(11-9-14)19-17(20)13-16-7-4-5-12-18-16/h8-11,16,18H,2-7,12-13H2,1H3,(H,19,20). The molecule has 3 heteroatoms. The molecule has 1 heterocycles. The Morgan fingerprint density at radius 1 is 1.30 bits per heavy atom. The average molecular weight is 274 g/mol. The lowest BCUT2D eigenvalue weighted by atomic mass is 10.0. The van der Waals surface area contributed by atoms with Gasteiger partial charge in [-0.05, 0) is 49.9 Å². The largest absolute Gasteiger partial charge is 0.326 e. The van der Waals surface area contributed by atoms with Gasteiger partial charge in [0.2, 0.25) is 5.91 Å². The predicted octanol–water partition coefficient (Wildman–Crippen LogP) is 3.50. The molecule has 1 unspecified atom stereocenters. The Kier molecular flexibility index (Phi) is 6.06. The second-order valence-electron chi connectivity index (χ2n) is 5.70. The quantitative estimate of drug-likeness (QED) is 0.833. The van der Waals surface area contributed by atoms with Crippen LogP contribution in [0.1, 0.15) is 51.0 Å². The van der Waals surface area contributed by atoms with Gasteiger partial charge >= 0.3 is 0 Å². The van der Waals surface area contributed by atoms with Crippen LogP contribution in [0.25, 0.3) is 0 Å². The van der Waals surface area contributed by atoms with Gasteiger partial charge < -0.3 is 10.6 Å². The molecule has 0 spiro atoms. The molecule has 20 heavy (non-hydrogen) atoms. The maximum atomic E-state index is 12.0. The van der Waals surface area contributed by atoms with Crippen LogP contribution in [0.2, 0.25) is 0 Å². The van der Waals surface area contributed by atoms with Crippen molar-refractivity contribution in [3.05, 3.63) is 29.8 Å². The van der Waals surface area contributed by atoms with Gasteiger partial charge in [-0.3, -0.25) is 4.79 Å². The molecule has 1 fully saturated rings. The summed E-state index contributed by atoms with van der Waals surface area (Å²) in [6, 6.07) is 8.61. The first kappa shape index (κ1) is 15.0. The highest BCUT2D eigenvalue weighted by atomic mass is 16.1. The van der Waals surface area contributed by atoms with Crippen molar-refractivity contribution >= 4 is 11.6 Å². The number of rotatable bonds is 6. The third kappa shape index (κ3) is 4.97. The van der Waals surface area contributed by atoms with Crippen molar-refractivity contribution in [2.24, 2.45) is 0 Å². The maximum absolute atomic E-state index is 12.0. The van der Waals surface area contributed by atoms with Crippen LogP contribution >= 0.6 is 0 Å². The van der Waals surface area contributed by atoms with Crippen LogP contribution in [0.3, 0.4) is 0 Å². The Balaban J connectivity index is 1.78. The van der Waals surface area contributed by atoms with E-state index in [1.54, 1.807) is 0 Å². The number of hydrogen-bond acceptors (Lipinski definition) is 2. The molecule has 1 saturated heterocycles. The molecule has 1 aliphatic rings. The molecule has 0 saturated carbocycles. The van der Waals surface area contributed by atoms with Crippen molar-refractivity contribution in [3.8, 4) is 0 Å². The first-order valence-corrected chi connectivity index (χ1v) is 7.90. The minimum Gasteiger partial charge on any atom is -0.326 e. The summed E-state index contributed by atoms with van der Waals surface area (Å²) in [6.45, 7) is 3.25. The average Bonchev–Trinajstić information content (AvgIpc) is 2.47. The third-order valence-corrected chi connectivity index (χ3v) is 3.90. The fourth-order valence-electron chi connectivity index (χ4n) is 2.67. The number of aryl methyl sites for hydroxylation is 1. The highest BCUT2D eigenvalue weighted by Gasteiger charge is 2.16. The zero-order valence-corrected chi connectivity index (χ0v) is 12.5. The topological polar surface area (TPSA) is 41.1 Å². The molecule has 1 aromatic rings. The summed E-state index contributed by atoms with van der Waals surface area (Å²) >= 11 is 0. The van der Waals surface area contributed by atoms with Gasteiger partial charge in [0.1, 0.15) is 0 Å². The molecule has 3 nitrogen and oxygen atoms in total. The molecular formula is C17H26N2O. The normalized spacial score (nSPS) is 18.8. The minimum absolute atomic E-state index is 0.116. The number of benzene rings is 1. The number of piperidine rings is 1. The Hall–Kier alpha value is -1.35. The summed E-state index contributed by atoms with van der Waals surface area (Å²) in [4.78, 5) is 12.0. The number of carbonyl (C=O) groups excluding carboxylic acids is 1. The van der Waals surface area contributed by atoms with Crippen LogP contribution in [0.4, 0.5) is 5.69 Å². The summed E-state index contributed by atoms with van der Waals surface area (Å²) in [5, 5.41) is 6.40. The van der Waals surface area contributed by atoms with E-state index in [9.17, 15) is 4.79 Å². The van der Waals surface area contributed by atoms with Gasteiger partial charge in [0.25, 0.3) is 0 Å². The Labute approximate surface area is 122 Å². The predicted molar refractivity (Wildman–Crippen MR) is 83.9 cm³/mol. The molecule has 0 aliphatic carbocycles. The molecule has 1 amide bonds. The SMILES string of the molecule is CCCCc1ccc(NC(=O)CC2CCCCN2)cc1. The Bertz CT molecular complexity index is 408. The monoisotopic (exact) mass is 274 g/mol. The molecule has 0 radical (unpaired) electrons. The molecular weight excluding hydrogens is 248 g/mol. The van der Waals surface area contributed by atoms with Crippen LogP contribution in [0.15, 0.2) is 24.3 Å². The van der Waals surface area contributed by atoms with Gasteiger partial charge in [-0.15, -0.1) is 0 Å². The lowest BCUT2D eigenvalue weighted by Crippen LogP contribution is -2.36. The molecule has 2 N–H and O–H groups in total. The molecule has 1 atom stereocenters. The molecule has 1 aliphatic heterocycles. The molecule has 0 bridgehead atoms. The van der Waals surface area contributed by atoms with Crippen LogP contribution < -0.4 is 10.6 Å². The van der Waals surface area contributed by atoms with E-state index < -0.39 is 0 Å². The third-order valence-electron chi connectivity index (χ3n) is 3.90. The van der Waals surface area contributed by atoms with E-state index in [4.69, 9.17) is 0 Å². The van der Waals surface area contributed by atoms with Crippen molar-refractivity contribution < 1.29 is 4.79 Å². The van der Waals surface area contributed by atoms with E-state index in [0.717, 1.165) is 25.1 Å². The van der Waals surface area contributed by atoms with Crippen molar-refractivity contribution in [3.63, 3.8) is 0 Å². The van der Waals surface area contributed by atoms with Crippen molar-refractivity contribution in [1.82, 2.24) is 5.32 Å².